The largest absolute Gasteiger partial charge is 0.494 e. The highest BCUT2D eigenvalue weighted by atomic mass is 32.2. The smallest absolute Gasteiger partial charge is 0.240 e. The maximum absolute atomic E-state index is 12.2. The van der Waals surface area contributed by atoms with Gasteiger partial charge in [-0.05, 0) is 49.7 Å². The summed E-state index contributed by atoms with van der Waals surface area (Å²) in [7, 11) is -7.11. The van der Waals surface area contributed by atoms with Gasteiger partial charge in [0.15, 0.2) is 9.84 Å². The van der Waals surface area contributed by atoms with Crippen LogP contribution in [-0.4, -0.2) is 48.2 Å². The monoisotopic (exact) mass is 454 g/mol. The molecule has 2 aromatic rings. The molecule has 1 amide bonds. The van der Waals surface area contributed by atoms with E-state index in [4.69, 9.17) is 4.74 Å². The summed E-state index contributed by atoms with van der Waals surface area (Å²) < 4.78 is 56.4. The Morgan fingerprint density at radius 1 is 0.900 bits per heavy atom. The van der Waals surface area contributed by atoms with Gasteiger partial charge < -0.3 is 10.1 Å². The summed E-state index contributed by atoms with van der Waals surface area (Å²) in [6, 6.07) is 14.1. The Balaban J connectivity index is 1.70. The van der Waals surface area contributed by atoms with E-state index in [1.54, 1.807) is 30.3 Å². The number of carbonyl (C=O) groups excluding carboxylic acids is 1. The minimum Gasteiger partial charge on any atom is -0.494 e. The highest BCUT2D eigenvalue weighted by molar-refractivity contribution is 7.91. The second kappa shape index (κ2) is 11.1. The van der Waals surface area contributed by atoms with Crippen molar-refractivity contribution in [3.63, 3.8) is 0 Å². The summed E-state index contributed by atoms with van der Waals surface area (Å²) in [6.07, 6.45) is 0.211. The van der Waals surface area contributed by atoms with Crippen LogP contribution in [0.2, 0.25) is 0 Å². The molecule has 0 fully saturated rings. The molecule has 30 heavy (non-hydrogen) atoms. The van der Waals surface area contributed by atoms with Crippen LogP contribution in [0.25, 0.3) is 0 Å². The maximum atomic E-state index is 12.2. The molecule has 10 heteroatoms. The fraction of sp³-hybridized carbons (Fsp3) is 0.350. The van der Waals surface area contributed by atoms with Crippen molar-refractivity contribution in [2.24, 2.45) is 0 Å². The van der Waals surface area contributed by atoms with E-state index in [1.807, 2.05) is 6.92 Å². The Bertz CT molecular complexity index is 1020. The van der Waals surface area contributed by atoms with Crippen molar-refractivity contribution in [3.8, 4) is 5.75 Å². The molecule has 0 saturated carbocycles. The van der Waals surface area contributed by atoms with E-state index < -0.39 is 19.9 Å². The van der Waals surface area contributed by atoms with Gasteiger partial charge in [-0.25, -0.2) is 21.6 Å². The average molecular weight is 455 g/mol. The van der Waals surface area contributed by atoms with Crippen molar-refractivity contribution >= 4 is 25.8 Å². The Morgan fingerprint density at radius 3 is 2.20 bits per heavy atom. The predicted molar refractivity (Wildman–Crippen MR) is 114 cm³/mol. The molecule has 0 aliphatic heterocycles. The highest BCUT2D eigenvalue weighted by Gasteiger charge is 2.15. The third-order valence-corrected chi connectivity index (χ3v) is 7.40. The van der Waals surface area contributed by atoms with Crippen LogP contribution in [0.5, 0.6) is 5.75 Å². The maximum Gasteiger partial charge on any atom is 0.240 e. The van der Waals surface area contributed by atoms with Gasteiger partial charge in [0.2, 0.25) is 15.9 Å². The Morgan fingerprint density at radius 2 is 1.57 bits per heavy atom. The molecule has 0 aliphatic carbocycles. The zero-order chi connectivity index (χ0) is 22.0. The van der Waals surface area contributed by atoms with Crippen LogP contribution in [0.4, 0.5) is 0 Å². The number of hydrogen-bond acceptors (Lipinski definition) is 6. The Hall–Kier alpha value is -2.43. The van der Waals surface area contributed by atoms with E-state index in [1.165, 1.54) is 24.3 Å². The van der Waals surface area contributed by atoms with Gasteiger partial charge in [0, 0.05) is 19.5 Å². The number of ether oxygens (including phenoxy) is 1. The predicted octanol–water partition coefficient (Wildman–Crippen LogP) is 1.73. The molecule has 8 nitrogen and oxygen atoms in total. The van der Waals surface area contributed by atoms with Crippen molar-refractivity contribution in [2.45, 2.75) is 29.6 Å². The van der Waals surface area contributed by atoms with E-state index in [0.717, 1.165) is 0 Å². The summed E-state index contributed by atoms with van der Waals surface area (Å²) in [5.41, 5.74) is 0. The van der Waals surface area contributed by atoms with Gasteiger partial charge >= 0.3 is 0 Å². The quantitative estimate of drug-likeness (QED) is 0.472. The lowest BCUT2D eigenvalue weighted by atomic mass is 10.3. The van der Waals surface area contributed by atoms with Crippen LogP contribution in [0, 0.1) is 0 Å². The molecule has 2 aromatic carbocycles. The SMILES string of the molecule is CCOc1ccc(S(=O)(=O)NCCC(=O)NCCCS(=O)(=O)c2ccccc2)cc1. The Labute approximate surface area is 177 Å². The molecule has 0 saturated heterocycles. The van der Waals surface area contributed by atoms with E-state index in [9.17, 15) is 21.6 Å². The summed E-state index contributed by atoms with van der Waals surface area (Å²) in [5, 5.41) is 2.60. The minimum atomic E-state index is -3.73. The van der Waals surface area contributed by atoms with Crippen LogP contribution in [0.1, 0.15) is 19.8 Å². The van der Waals surface area contributed by atoms with Crippen molar-refractivity contribution in [1.82, 2.24) is 10.0 Å². The topological polar surface area (TPSA) is 119 Å². The van der Waals surface area contributed by atoms with Gasteiger partial charge in [-0.2, -0.15) is 0 Å². The first-order chi connectivity index (χ1) is 14.2. The van der Waals surface area contributed by atoms with Gasteiger partial charge in [0.1, 0.15) is 5.75 Å². The van der Waals surface area contributed by atoms with Gasteiger partial charge in [-0.3, -0.25) is 4.79 Å². The number of nitrogens with one attached hydrogen (secondary N) is 2. The lowest BCUT2D eigenvalue weighted by Gasteiger charge is -2.09. The molecule has 0 aliphatic rings. The highest BCUT2D eigenvalue weighted by Crippen LogP contribution is 2.15. The summed E-state index contributed by atoms with van der Waals surface area (Å²) >= 11 is 0. The molecule has 2 N–H and O–H groups in total. The van der Waals surface area contributed by atoms with Crippen molar-refractivity contribution in [1.29, 1.82) is 0 Å². The molecule has 0 unspecified atom stereocenters. The summed E-state index contributed by atoms with van der Waals surface area (Å²) in [6.45, 7) is 2.44. The fourth-order valence-electron chi connectivity index (χ4n) is 2.59. The first-order valence-electron chi connectivity index (χ1n) is 9.51. The molecule has 0 spiro atoms. The molecular weight excluding hydrogens is 428 g/mol. The Kier molecular flexibility index (Phi) is 8.82. The number of amides is 1. The number of benzene rings is 2. The lowest BCUT2D eigenvalue weighted by molar-refractivity contribution is -0.120. The first-order valence-corrected chi connectivity index (χ1v) is 12.6. The van der Waals surface area contributed by atoms with Crippen molar-refractivity contribution in [3.05, 3.63) is 54.6 Å². The number of sulfone groups is 1. The van der Waals surface area contributed by atoms with Gasteiger partial charge in [-0.1, -0.05) is 18.2 Å². The normalized spacial score (nSPS) is 11.8. The molecule has 0 aromatic heterocycles. The number of sulfonamides is 1. The number of rotatable bonds is 12. The second-order valence-corrected chi connectivity index (χ2v) is 10.3. The molecule has 0 heterocycles. The molecular formula is C20H26N2O6S2. The van der Waals surface area contributed by atoms with Crippen LogP contribution >= 0.6 is 0 Å². The standard InChI is InChI=1S/C20H26N2O6S2/c1-2-28-17-9-11-19(12-10-17)30(26,27)22-15-13-20(23)21-14-6-16-29(24,25)18-7-4-3-5-8-18/h3-5,7-12,22H,2,6,13-16H2,1H3,(H,21,23). The van der Waals surface area contributed by atoms with E-state index >= 15 is 0 Å². The van der Waals surface area contributed by atoms with Crippen LogP contribution < -0.4 is 14.8 Å². The third kappa shape index (κ3) is 7.43. The van der Waals surface area contributed by atoms with E-state index in [0.29, 0.717) is 12.4 Å². The minimum absolute atomic E-state index is 0.0539. The summed E-state index contributed by atoms with van der Waals surface area (Å²) in [5.74, 6) is 0.133. The molecule has 164 valence electrons. The molecule has 2 rings (SSSR count). The van der Waals surface area contributed by atoms with Crippen molar-refractivity contribution in [2.75, 3.05) is 25.4 Å². The van der Waals surface area contributed by atoms with E-state index in [-0.39, 0.29) is 47.4 Å². The van der Waals surface area contributed by atoms with E-state index in [2.05, 4.69) is 10.0 Å². The number of hydrogen-bond donors (Lipinski definition) is 2. The van der Waals surface area contributed by atoms with Gasteiger partial charge in [0.05, 0.1) is 22.2 Å². The average Bonchev–Trinajstić information content (AvgIpc) is 2.72. The lowest BCUT2D eigenvalue weighted by Crippen LogP contribution is -2.31. The van der Waals surface area contributed by atoms with Crippen LogP contribution in [0.15, 0.2) is 64.4 Å². The second-order valence-electron chi connectivity index (χ2n) is 6.39. The molecule has 0 bridgehead atoms. The zero-order valence-electron chi connectivity index (χ0n) is 16.7. The molecule has 0 radical (unpaired) electrons. The van der Waals surface area contributed by atoms with Crippen molar-refractivity contribution < 1.29 is 26.4 Å². The third-order valence-electron chi connectivity index (χ3n) is 4.10. The number of carbonyl (C=O) groups is 1. The van der Waals surface area contributed by atoms with Gasteiger partial charge in [-0.15, -0.1) is 0 Å². The first kappa shape index (κ1) is 23.8. The molecule has 0 atom stereocenters. The zero-order valence-corrected chi connectivity index (χ0v) is 18.3. The van der Waals surface area contributed by atoms with Crippen LogP contribution in [-0.2, 0) is 24.7 Å². The van der Waals surface area contributed by atoms with Crippen LogP contribution in [0.3, 0.4) is 0 Å². The summed E-state index contributed by atoms with van der Waals surface area (Å²) in [4.78, 5) is 12.2. The fourth-order valence-corrected chi connectivity index (χ4v) is 4.95. The van der Waals surface area contributed by atoms with Gasteiger partial charge in [0.25, 0.3) is 0 Å².